The van der Waals surface area contributed by atoms with Crippen LogP contribution in [0.2, 0.25) is 0 Å². The molecule has 0 aliphatic heterocycles. The molecule has 0 heterocycles. The van der Waals surface area contributed by atoms with Gasteiger partial charge in [0.05, 0.1) is 11.1 Å². The van der Waals surface area contributed by atoms with Gasteiger partial charge in [0, 0.05) is 59.3 Å². The molecule has 2 unspecified atom stereocenters. The molecule has 0 spiro atoms. The van der Waals surface area contributed by atoms with Gasteiger partial charge in [-0.05, 0) is 151 Å². The number of carboxylic acids is 1. The lowest BCUT2D eigenvalue weighted by Gasteiger charge is -2.33. The molecule has 0 saturated carbocycles. The fraction of sp³-hybridized carbons (Fsp3) is 0.333. The van der Waals surface area contributed by atoms with Gasteiger partial charge in [-0.3, -0.25) is 0 Å². The van der Waals surface area contributed by atoms with Crippen molar-refractivity contribution in [2.24, 2.45) is 5.92 Å². The number of benzene rings is 7. The van der Waals surface area contributed by atoms with Crippen LogP contribution in [0.15, 0.2) is 152 Å². The Morgan fingerprint density at radius 2 is 1.05 bits per heavy atom. The minimum Gasteiger partial charge on any atom is -0.478 e. The van der Waals surface area contributed by atoms with Crippen molar-refractivity contribution in [3.05, 3.63) is 213 Å². The van der Waals surface area contributed by atoms with E-state index in [1.165, 1.54) is 28.8 Å². The average Bonchev–Trinajstić information content (AvgIpc) is 3.56. The van der Waals surface area contributed by atoms with Crippen LogP contribution >= 0.6 is 0 Å². The van der Waals surface area contributed by atoms with Crippen LogP contribution in [0.3, 0.4) is 0 Å². The second kappa shape index (κ2) is 24.0. The standard InChI is InChI=1S/C72H80N2O5/c1-47(2)45-73-65-59(51-31-35-57(36-32-51)69(3,4)5)41-55(43-61(65)71(9,10)11)63(75)39-25-48-23-29-54(30-24-48)68(78)79-64(40-26-49-21-27-53(28-22-49)67(76)77)56-42-60(52-33-37-58(38-34-52)70(6,7)8)66(62(44-56)72(12,13)14)74(15)46-50-19-17-16-18-20-50/h16-24,27-38,41-44,47,63-64,73,75H,45-46H2,1-15H3,(H,76,77). The summed E-state index contributed by atoms with van der Waals surface area (Å²) in [5.41, 5.74) is 14.3. The number of ether oxygens (including phenoxy) is 1. The van der Waals surface area contributed by atoms with Crippen LogP contribution < -0.4 is 10.2 Å². The highest BCUT2D eigenvalue weighted by molar-refractivity contribution is 5.90. The van der Waals surface area contributed by atoms with Gasteiger partial charge < -0.3 is 25.2 Å². The number of aliphatic hydroxyl groups is 1. The molecule has 0 aliphatic rings. The van der Waals surface area contributed by atoms with E-state index in [1.807, 2.05) is 6.07 Å². The Morgan fingerprint density at radius 1 is 0.570 bits per heavy atom. The third-order valence-electron chi connectivity index (χ3n) is 14.2. The van der Waals surface area contributed by atoms with Crippen LogP contribution in [0.4, 0.5) is 11.4 Å². The van der Waals surface area contributed by atoms with E-state index in [0.29, 0.717) is 40.3 Å². The number of nitrogens with one attached hydrogen (secondary N) is 1. The number of rotatable bonds is 13. The van der Waals surface area contributed by atoms with Crippen LogP contribution in [0.5, 0.6) is 0 Å². The topological polar surface area (TPSA) is 99.1 Å². The monoisotopic (exact) mass is 1050 g/mol. The number of aromatic carboxylic acids is 1. The Morgan fingerprint density at radius 3 is 1.54 bits per heavy atom. The first-order valence-electron chi connectivity index (χ1n) is 27.5. The van der Waals surface area contributed by atoms with Gasteiger partial charge in [0.1, 0.15) is 6.10 Å². The summed E-state index contributed by atoms with van der Waals surface area (Å²) in [7, 11) is 2.12. The Hall–Kier alpha value is -7.84. The molecule has 0 aromatic heterocycles. The summed E-state index contributed by atoms with van der Waals surface area (Å²) in [6.45, 7) is 32.2. The number of carboxylic acid groups (broad SMARTS) is 1. The molecule has 7 nitrogen and oxygen atoms in total. The van der Waals surface area contributed by atoms with Gasteiger partial charge in [-0.25, -0.2) is 9.59 Å². The molecule has 7 rings (SSSR count). The zero-order valence-corrected chi connectivity index (χ0v) is 49.1. The number of anilines is 2. The molecule has 79 heavy (non-hydrogen) atoms. The second-order valence-corrected chi connectivity index (χ2v) is 25.4. The zero-order valence-electron chi connectivity index (χ0n) is 49.1. The van der Waals surface area contributed by atoms with Crippen molar-refractivity contribution in [1.82, 2.24) is 0 Å². The molecular formula is C72H80N2O5. The van der Waals surface area contributed by atoms with E-state index in [2.05, 4.69) is 235 Å². The van der Waals surface area contributed by atoms with E-state index in [0.717, 1.165) is 51.3 Å². The summed E-state index contributed by atoms with van der Waals surface area (Å²) in [5, 5.41) is 25.2. The Balaban J connectivity index is 1.26. The number of hydrogen-bond acceptors (Lipinski definition) is 6. The molecule has 0 aliphatic carbocycles. The summed E-state index contributed by atoms with van der Waals surface area (Å²) >= 11 is 0. The van der Waals surface area contributed by atoms with Crippen LogP contribution in [0.25, 0.3) is 22.3 Å². The molecule has 7 heteroatoms. The summed E-state index contributed by atoms with van der Waals surface area (Å²) in [5.74, 6) is 11.6. The highest BCUT2D eigenvalue weighted by Gasteiger charge is 2.29. The van der Waals surface area contributed by atoms with Crippen molar-refractivity contribution in [2.75, 3.05) is 23.8 Å². The second-order valence-electron chi connectivity index (χ2n) is 25.4. The molecule has 0 saturated heterocycles. The first-order chi connectivity index (χ1) is 37.1. The van der Waals surface area contributed by atoms with Crippen LogP contribution in [-0.2, 0) is 32.9 Å². The number of esters is 1. The molecule has 0 bridgehead atoms. The molecule has 2 atom stereocenters. The van der Waals surface area contributed by atoms with Crippen LogP contribution in [0.1, 0.15) is 180 Å². The lowest BCUT2D eigenvalue weighted by atomic mass is 9.80. The van der Waals surface area contributed by atoms with Crippen LogP contribution in [0, 0.1) is 29.6 Å². The summed E-state index contributed by atoms with van der Waals surface area (Å²) in [6, 6.07) is 49.4. The minimum atomic E-state index is -1.10. The maximum absolute atomic E-state index is 14.5. The maximum Gasteiger partial charge on any atom is 0.339 e. The van der Waals surface area contributed by atoms with Gasteiger partial charge >= 0.3 is 11.9 Å². The first-order valence-corrected chi connectivity index (χ1v) is 27.5. The number of carbonyl (C=O) groups is 2. The van der Waals surface area contributed by atoms with Gasteiger partial charge in [-0.1, -0.05) is 194 Å². The third kappa shape index (κ3) is 15.1. The summed E-state index contributed by atoms with van der Waals surface area (Å²) in [4.78, 5) is 28.5. The van der Waals surface area contributed by atoms with Crippen molar-refractivity contribution in [1.29, 1.82) is 0 Å². The molecule has 7 aromatic carbocycles. The smallest absolute Gasteiger partial charge is 0.339 e. The fourth-order valence-electron chi connectivity index (χ4n) is 9.51. The average molecular weight is 1050 g/mol. The molecule has 408 valence electrons. The Kier molecular flexibility index (Phi) is 17.9. The number of nitrogens with zero attached hydrogens (tertiary/aromatic N) is 1. The quantitative estimate of drug-likeness (QED) is 0.0781. The van der Waals surface area contributed by atoms with Gasteiger partial charge in [-0.2, -0.15) is 0 Å². The van der Waals surface area contributed by atoms with E-state index in [1.54, 1.807) is 36.4 Å². The SMILES string of the molecule is CC(C)CNc1c(-c2ccc(C(C)(C)C)cc2)cc(C(O)C#Cc2ccc(C(=O)OC(C#Cc3ccc(C(=O)O)cc3)c3cc(-c4ccc(C(C)(C)C)cc4)c(N(C)Cc4ccccc4)c(C(C)(C)C)c3)cc2)cc1C(C)(C)C. The van der Waals surface area contributed by atoms with E-state index >= 15 is 0 Å². The Bertz CT molecular complexity index is 3390. The van der Waals surface area contributed by atoms with Gasteiger partial charge in [-0.15, -0.1) is 0 Å². The first kappa shape index (κ1) is 58.8. The number of carbonyl (C=O) groups excluding carboxylic acids is 1. The highest BCUT2D eigenvalue weighted by atomic mass is 16.5. The maximum atomic E-state index is 14.5. The Labute approximate surface area is 471 Å². The third-order valence-corrected chi connectivity index (χ3v) is 14.2. The normalized spacial score (nSPS) is 12.6. The fourth-order valence-corrected chi connectivity index (χ4v) is 9.51. The van der Waals surface area contributed by atoms with E-state index in [9.17, 15) is 19.8 Å². The lowest BCUT2D eigenvalue weighted by Crippen LogP contribution is -2.24. The summed E-state index contributed by atoms with van der Waals surface area (Å²) in [6.07, 6.45) is -2.13. The van der Waals surface area contributed by atoms with Gasteiger partial charge in [0.2, 0.25) is 0 Å². The molecule has 0 amide bonds. The van der Waals surface area contributed by atoms with Crippen molar-refractivity contribution in [3.8, 4) is 45.9 Å². The molecule has 7 aromatic rings. The predicted molar refractivity (Wildman–Crippen MR) is 327 cm³/mol. The lowest BCUT2D eigenvalue weighted by molar-refractivity contribution is 0.0407. The van der Waals surface area contributed by atoms with Crippen LogP contribution in [-0.4, -0.2) is 35.7 Å². The molecule has 3 N–H and O–H groups in total. The summed E-state index contributed by atoms with van der Waals surface area (Å²) < 4.78 is 6.47. The number of aliphatic hydroxyl groups excluding tert-OH is 1. The van der Waals surface area contributed by atoms with Crippen molar-refractivity contribution < 1.29 is 24.5 Å². The minimum absolute atomic E-state index is 0.00663. The van der Waals surface area contributed by atoms with Gasteiger partial charge in [0.25, 0.3) is 0 Å². The van der Waals surface area contributed by atoms with E-state index in [-0.39, 0.29) is 27.2 Å². The molecular weight excluding hydrogens is 973 g/mol. The molecule has 0 fully saturated rings. The largest absolute Gasteiger partial charge is 0.478 e. The van der Waals surface area contributed by atoms with Gasteiger partial charge in [0.15, 0.2) is 6.10 Å². The van der Waals surface area contributed by atoms with E-state index < -0.39 is 24.1 Å². The van der Waals surface area contributed by atoms with Crippen molar-refractivity contribution >= 4 is 23.3 Å². The number of hydrogen-bond donors (Lipinski definition) is 3. The highest BCUT2D eigenvalue weighted by Crippen LogP contribution is 2.44. The predicted octanol–water partition coefficient (Wildman–Crippen LogP) is 16.6. The van der Waals surface area contributed by atoms with E-state index in [4.69, 9.17) is 4.74 Å². The van der Waals surface area contributed by atoms with Crippen molar-refractivity contribution in [2.45, 2.75) is 137 Å². The zero-order chi connectivity index (χ0) is 57.6. The molecule has 0 radical (unpaired) electrons. The van der Waals surface area contributed by atoms with Crippen molar-refractivity contribution in [3.63, 3.8) is 0 Å².